The summed E-state index contributed by atoms with van der Waals surface area (Å²) in [6.07, 6.45) is 2.48. The molecule has 21 heavy (non-hydrogen) atoms. The van der Waals surface area contributed by atoms with E-state index < -0.39 is 0 Å². The second-order valence-corrected chi connectivity index (χ2v) is 5.62. The molecule has 1 aromatic heterocycles. The van der Waals surface area contributed by atoms with Crippen LogP contribution in [0.1, 0.15) is 25.5 Å². The van der Waals surface area contributed by atoms with Gasteiger partial charge in [-0.3, -0.25) is 9.59 Å². The topological polar surface area (TPSA) is 82.8 Å². The normalized spacial score (nSPS) is 19.8. The minimum atomic E-state index is -0.297. The van der Waals surface area contributed by atoms with Gasteiger partial charge in [-0.2, -0.15) is 0 Å². The lowest BCUT2D eigenvalue weighted by Crippen LogP contribution is -2.35. The fraction of sp³-hybridized carbons (Fsp3) is 0.600. The summed E-state index contributed by atoms with van der Waals surface area (Å²) in [4.78, 5) is 25.7. The predicted molar refractivity (Wildman–Crippen MR) is 76.1 cm³/mol. The van der Waals surface area contributed by atoms with E-state index in [1.54, 1.807) is 17.2 Å². The maximum absolute atomic E-state index is 12.1. The van der Waals surface area contributed by atoms with Gasteiger partial charge >= 0.3 is 0 Å². The van der Waals surface area contributed by atoms with Crippen molar-refractivity contribution in [2.24, 2.45) is 11.8 Å². The molecule has 2 amide bonds. The van der Waals surface area contributed by atoms with Crippen LogP contribution in [0.3, 0.4) is 0 Å². The number of rotatable bonds is 7. The van der Waals surface area contributed by atoms with Gasteiger partial charge in [-0.1, -0.05) is 6.92 Å². The Kier molecular flexibility index (Phi) is 5.38. The van der Waals surface area contributed by atoms with Crippen molar-refractivity contribution in [3.63, 3.8) is 0 Å². The molecule has 2 unspecified atom stereocenters. The molecule has 0 aromatic carbocycles. The van der Waals surface area contributed by atoms with E-state index in [9.17, 15) is 9.59 Å². The van der Waals surface area contributed by atoms with Gasteiger partial charge in [0, 0.05) is 26.1 Å². The minimum absolute atomic E-state index is 0.0186. The van der Waals surface area contributed by atoms with Crippen molar-refractivity contribution < 1.29 is 19.1 Å². The number of hydrogen-bond acceptors (Lipinski definition) is 4. The van der Waals surface area contributed by atoms with Crippen LogP contribution in [0.2, 0.25) is 0 Å². The molecule has 6 nitrogen and oxygen atoms in total. The highest BCUT2D eigenvalue weighted by atomic mass is 16.3. The molecule has 1 fully saturated rings. The zero-order valence-corrected chi connectivity index (χ0v) is 12.2. The molecule has 0 bridgehead atoms. The van der Waals surface area contributed by atoms with E-state index in [2.05, 4.69) is 5.32 Å². The zero-order chi connectivity index (χ0) is 15.2. The molecule has 2 N–H and O–H groups in total. The third-order valence-corrected chi connectivity index (χ3v) is 3.76. The number of carbonyl (C=O) groups is 2. The number of furan rings is 1. The van der Waals surface area contributed by atoms with Gasteiger partial charge in [0.2, 0.25) is 11.8 Å². The first kappa shape index (κ1) is 15.6. The van der Waals surface area contributed by atoms with Crippen LogP contribution in [-0.2, 0) is 16.1 Å². The maximum atomic E-state index is 12.1. The van der Waals surface area contributed by atoms with Crippen LogP contribution in [0, 0.1) is 11.8 Å². The van der Waals surface area contributed by atoms with Gasteiger partial charge in [-0.15, -0.1) is 0 Å². The van der Waals surface area contributed by atoms with Gasteiger partial charge in [-0.25, -0.2) is 0 Å². The van der Waals surface area contributed by atoms with Crippen LogP contribution in [0.5, 0.6) is 0 Å². The summed E-state index contributed by atoms with van der Waals surface area (Å²) in [5.74, 6) is 0.551. The molecule has 1 aliphatic heterocycles. The lowest BCUT2D eigenvalue weighted by atomic mass is 10.1. The number of nitrogens with one attached hydrogen (secondary N) is 1. The molecule has 2 rings (SSSR count). The molecule has 1 aromatic rings. The Balaban J connectivity index is 1.80. The molecular weight excluding hydrogens is 272 g/mol. The Morgan fingerprint density at radius 3 is 3.10 bits per heavy atom. The predicted octanol–water partition coefficient (Wildman–Crippen LogP) is 0.763. The second-order valence-electron chi connectivity index (χ2n) is 5.62. The first-order chi connectivity index (χ1) is 10.1. The van der Waals surface area contributed by atoms with E-state index in [1.807, 2.05) is 13.0 Å². The fourth-order valence-corrected chi connectivity index (χ4v) is 2.43. The van der Waals surface area contributed by atoms with Crippen LogP contribution < -0.4 is 5.32 Å². The summed E-state index contributed by atoms with van der Waals surface area (Å²) < 4.78 is 5.23. The fourth-order valence-electron chi connectivity index (χ4n) is 2.43. The Morgan fingerprint density at radius 2 is 2.43 bits per heavy atom. The van der Waals surface area contributed by atoms with Crippen LogP contribution >= 0.6 is 0 Å². The van der Waals surface area contributed by atoms with E-state index in [0.29, 0.717) is 26.1 Å². The number of likely N-dealkylation sites (tertiary alicyclic amines) is 1. The quantitative estimate of drug-likeness (QED) is 0.778. The monoisotopic (exact) mass is 294 g/mol. The van der Waals surface area contributed by atoms with Crippen molar-refractivity contribution in [2.75, 3.05) is 19.7 Å². The van der Waals surface area contributed by atoms with Crippen molar-refractivity contribution in [1.82, 2.24) is 10.2 Å². The molecule has 6 heteroatoms. The second kappa shape index (κ2) is 7.26. The first-order valence-electron chi connectivity index (χ1n) is 7.29. The third-order valence-electron chi connectivity index (χ3n) is 3.76. The Bertz CT molecular complexity index is 472. The Morgan fingerprint density at radius 1 is 1.62 bits per heavy atom. The summed E-state index contributed by atoms with van der Waals surface area (Å²) in [5, 5.41) is 11.7. The van der Waals surface area contributed by atoms with Crippen molar-refractivity contribution in [2.45, 2.75) is 26.3 Å². The molecule has 0 aliphatic carbocycles. The standard InChI is InChI=1S/C15H22N2O4/c1-11(4-5-18)8-16-15(20)12-7-14(19)17(9-12)10-13-3-2-6-21-13/h2-3,6,11-12,18H,4-5,7-10H2,1H3,(H,16,20). The summed E-state index contributed by atoms with van der Waals surface area (Å²) in [6.45, 7) is 3.47. The smallest absolute Gasteiger partial charge is 0.225 e. The Hall–Kier alpha value is -1.82. The lowest BCUT2D eigenvalue weighted by molar-refractivity contribution is -0.129. The molecule has 116 valence electrons. The number of aliphatic hydroxyl groups is 1. The summed E-state index contributed by atoms with van der Waals surface area (Å²) >= 11 is 0. The van der Waals surface area contributed by atoms with E-state index in [0.717, 1.165) is 5.76 Å². The van der Waals surface area contributed by atoms with Crippen LogP contribution in [0.15, 0.2) is 22.8 Å². The van der Waals surface area contributed by atoms with Gasteiger partial charge in [0.25, 0.3) is 0 Å². The van der Waals surface area contributed by atoms with E-state index >= 15 is 0 Å². The van der Waals surface area contributed by atoms with E-state index in [1.165, 1.54) is 0 Å². The van der Waals surface area contributed by atoms with E-state index in [4.69, 9.17) is 9.52 Å². The SMILES string of the molecule is CC(CCO)CNC(=O)C1CC(=O)N(Cc2ccco2)C1. The summed E-state index contributed by atoms with van der Waals surface area (Å²) in [6, 6.07) is 3.60. The molecule has 2 heterocycles. The van der Waals surface area contributed by atoms with Crippen LogP contribution in [0.25, 0.3) is 0 Å². The highest BCUT2D eigenvalue weighted by molar-refractivity contribution is 5.89. The largest absolute Gasteiger partial charge is 0.467 e. The molecular formula is C15H22N2O4. The lowest BCUT2D eigenvalue weighted by Gasteiger charge is -2.16. The Labute approximate surface area is 124 Å². The van der Waals surface area contributed by atoms with Crippen LogP contribution in [-0.4, -0.2) is 41.5 Å². The molecule has 0 radical (unpaired) electrons. The number of amides is 2. The molecule has 0 spiro atoms. The summed E-state index contributed by atoms with van der Waals surface area (Å²) in [5.41, 5.74) is 0. The van der Waals surface area contributed by atoms with Crippen molar-refractivity contribution in [3.8, 4) is 0 Å². The average molecular weight is 294 g/mol. The van der Waals surface area contributed by atoms with Gasteiger partial charge < -0.3 is 19.7 Å². The number of carbonyl (C=O) groups excluding carboxylic acids is 2. The molecule has 2 atom stereocenters. The highest BCUT2D eigenvalue weighted by Crippen LogP contribution is 2.20. The van der Waals surface area contributed by atoms with Crippen molar-refractivity contribution in [1.29, 1.82) is 0 Å². The number of aliphatic hydroxyl groups excluding tert-OH is 1. The minimum Gasteiger partial charge on any atom is -0.467 e. The first-order valence-corrected chi connectivity index (χ1v) is 7.29. The third kappa shape index (κ3) is 4.32. The van der Waals surface area contributed by atoms with Gasteiger partial charge in [-0.05, 0) is 24.5 Å². The van der Waals surface area contributed by atoms with Crippen molar-refractivity contribution >= 4 is 11.8 Å². The molecule has 0 saturated carbocycles. The zero-order valence-electron chi connectivity index (χ0n) is 12.2. The van der Waals surface area contributed by atoms with Crippen molar-refractivity contribution in [3.05, 3.63) is 24.2 Å². The van der Waals surface area contributed by atoms with Gasteiger partial charge in [0.05, 0.1) is 18.7 Å². The number of nitrogens with zero attached hydrogens (tertiary/aromatic N) is 1. The van der Waals surface area contributed by atoms with Gasteiger partial charge in [0.1, 0.15) is 5.76 Å². The van der Waals surface area contributed by atoms with E-state index in [-0.39, 0.29) is 36.7 Å². The average Bonchev–Trinajstić information content (AvgIpc) is 3.08. The van der Waals surface area contributed by atoms with Gasteiger partial charge in [0.15, 0.2) is 0 Å². The molecule has 1 aliphatic rings. The summed E-state index contributed by atoms with van der Waals surface area (Å²) in [7, 11) is 0. The molecule has 1 saturated heterocycles. The number of hydrogen-bond donors (Lipinski definition) is 2. The van der Waals surface area contributed by atoms with Crippen LogP contribution in [0.4, 0.5) is 0 Å². The highest BCUT2D eigenvalue weighted by Gasteiger charge is 2.34. The maximum Gasteiger partial charge on any atom is 0.225 e.